The summed E-state index contributed by atoms with van der Waals surface area (Å²) in [6, 6.07) is 7.49. The average Bonchev–Trinajstić information content (AvgIpc) is 3.25. The van der Waals surface area contributed by atoms with Gasteiger partial charge in [0.05, 0.1) is 23.6 Å². The van der Waals surface area contributed by atoms with E-state index in [1.54, 1.807) is 20.8 Å². The molecule has 1 N–H and O–H groups in total. The number of methoxy groups -OCH3 is 1. The number of hydrogen-bond donors (Lipinski definition) is 1. The van der Waals surface area contributed by atoms with Crippen LogP contribution in [-0.2, 0) is 4.74 Å². The molecule has 1 atom stereocenters. The number of aromatic nitrogens is 3. The third-order valence-electron chi connectivity index (χ3n) is 4.22. The zero-order valence-electron chi connectivity index (χ0n) is 15.7. The van der Waals surface area contributed by atoms with E-state index >= 15 is 0 Å². The van der Waals surface area contributed by atoms with Gasteiger partial charge in [0, 0.05) is 15.7 Å². The summed E-state index contributed by atoms with van der Waals surface area (Å²) in [6.45, 7) is 5.21. The van der Waals surface area contributed by atoms with Crippen LogP contribution in [-0.4, -0.2) is 39.3 Å². The minimum absolute atomic E-state index is 0.163. The first kappa shape index (κ1) is 20.3. The fourth-order valence-corrected chi connectivity index (χ4v) is 3.79. The van der Waals surface area contributed by atoms with Crippen LogP contribution in [0.4, 0.5) is 0 Å². The Kier molecular flexibility index (Phi) is 6.04. The summed E-state index contributed by atoms with van der Waals surface area (Å²) >= 11 is 4.55. The van der Waals surface area contributed by atoms with Gasteiger partial charge >= 0.3 is 5.97 Å². The molecule has 0 bridgehead atoms. The molecule has 3 rings (SSSR count). The maximum atomic E-state index is 12.9. The minimum atomic E-state index is -0.486. The molecule has 0 saturated heterocycles. The number of H-pyrrole nitrogens is 1. The summed E-state index contributed by atoms with van der Waals surface area (Å²) in [5, 5.41) is 7.87. The number of esters is 1. The first-order valence-corrected chi connectivity index (χ1v) is 10.1. The Balaban J connectivity index is 1.77. The molecule has 0 radical (unpaired) electrons. The van der Waals surface area contributed by atoms with Crippen LogP contribution in [0.5, 0.6) is 0 Å². The van der Waals surface area contributed by atoms with E-state index in [1.807, 2.05) is 24.3 Å². The van der Waals surface area contributed by atoms with Gasteiger partial charge in [0.15, 0.2) is 5.78 Å². The Labute approximate surface area is 174 Å². The van der Waals surface area contributed by atoms with Gasteiger partial charge in [0.25, 0.3) is 5.22 Å². The molecule has 0 aliphatic carbocycles. The van der Waals surface area contributed by atoms with Crippen LogP contribution < -0.4 is 0 Å². The summed E-state index contributed by atoms with van der Waals surface area (Å²) < 4.78 is 11.4. The maximum Gasteiger partial charge on any atom is 0.339 e. The summed E-state index contributed by atoms with van der Waals surface area (Å²) in [5.74, 6) is -0.250. The fourth-order valence-electron chi connectivity index (χ4n) is 2.78. The van der Waals surface area contributed by atoms with E-state index in [4.69, 9.17) is 9.15 Å². The van der Waals surface area contributed by atoms with Gasteiger partial charge in [-0.15, -0.1) is 10.2 Å². The quantitative estimate of drug-likeness (QED) is 0.324. The topological polar surface area (TPSA) is 98.1 Å². The second kappa shape index (κ2) is 8.32. The van der Waals surface area contributed by atoms with E-state index in [0.29, 0.717) is 33.6 Å². The molecule has 0 aliphatic rings. The van der Waals surface area contributed by atoms with Crippen LogP contribution in [0.25, 0.3) is 11.5 Å². The van der Waals surface area contributed by atoms with Gasteiger partial charge in [-0.25, -0.2) is 4.79 Å². The number of carbonyl (C=O) groups excluding carboxylic acids is 2. The highest BCUT2D eigenvalue weighted by Gasteiger charge is 2.27. The number of aryl methyl sites for hydroxylation is 1. The second-order valence-corrected chi connectivity index (χ2v) is 8.33. The Hall–Kier alpha value is -2.39. The molecular formula is C19H18BrN3O4S. The van der Waals surface area contributed by atoms with E-state index in [1.165, 1.54) is 18.9 Å². The van der Waals surface area contributed by atoms with Crippen LogP contribution in [0, 0.1) is 13.8 Å². The van der Waals surface area contributed by atoms with Crippen LogP contribution in [0.1, 0.15) is 39.0 Å². The smallest absolute Gasteiger partial charge is 0.339 e. The molecule has 0 fully saturated rings. The number of rotatable bonds is 6. The number of ether oxygens (including phenoxy) is 1. The van der Waals surface area contributed by atoms with Crippen molar-refractivity contribution in [3.63, 3.8) is 0 Å². The Morgan fingerprint density at radius 1 is 1.21 bits per heavy atom. The number of aromatic amines is 1. The van der Waals surface area contributed by atoms with Crippen LogP contribution >= 0.6 is 27.7 Å². The Morgan fingerprint density at radius 2 is 1.89 bits per heavy atom. The lowest BCUT2D eigenvalue weighted by Gasteiger charge is -2.07. The SMILES string of the molecule is COC(=O)c1c(C)[nH]c(C(=O)C(C)Sc2nnc(-c3ccc(Br)cc3)o2)c1C. The normalized spacial score (nSPS) is 12.0. The van der Waals surface area contributed by atoms with Crippen molar-refractivity contribution in [2.45, 2.75) is 31.2 Å². The molecule has 9 heteroatoms. The predicted molar refractivity (Wildman–Crippen MR) is 109 cm³/mol. The van der Waals surface area contributed by atoms with Gasteiger partial charge < -0.3 is 14.1 Å². The van der Waals surface area contributed by atoms with Crippen LogP contribution in [0.2, 0.25) is 0 Å². The van der Waals surface area contributed by atoms with Crippen molar-refractivity contribution in [1.29, 1.82) is 0 Å². The van der Waals surface area contributed by atoms with E-state index < -0.39 is 11.2 Å². The van der Waals surface area contributed by atoms with E-state index in [0.717, 1.165) is 10.0 Å². The number of benzene rings is 1. The lowest BCUT2D eigenvalue weighted by atomic mass is 10.1. The molecule has 1 unspecified atom stereocenters. The zero-order valence-corrected chi connectivity index (χ0v) is 18.1. The molecule has 7 nitrogen and oxygen atoms in total. The molecule has 1 aromatic carbocycles. The molecule has 146 valence electrons. The zero-order chi connectivity index (χ0) is 20.4. The van der Waals surface area contributed by atoms with E-state index in [9.17, 15) is 9.59 Å². The monoisotopic (exact) mass is 463 g/mol. The first-order chi connectivity index (χ1) is 13.3. The highest BCUT2D eigenvalue weighted by molar-refractivity contribution is 9.10. The molecule has 28 heavy (non-hydrogen) atoms. The predicted octanol–water partition coefficient (Wildman–Crippen LogP) is 4.59. The Bertz CT molecular complexity index is 1030. The standard InChI is InChI=1S/C19H18BrN3O4S/c1-9-14(18(25)26-4)10(2)21-15(9)16(24)11(3)28-19-23-22-17(27-19)12-5-7-13(20)8-6-12/h5-8,11,21H,1-4H3. The molecule has 0 amide bonds. The average molecular weight is 464 g/mol. The van der Waals surface area contributed by atoms with Crippen molar-refractivity contribution in [3.05, 3.63) is 51.3 Å². The number of nitrogens with zero attached hydrogens (tertiary/aromatic N) is 2. The summed E-state index contributed by atoms with van der Waals surface area (Å²) in [5.41, 5.74) is 2.73. The molecule has 0 saturated carbocycles. The van der Waals surface area contributed by atoms with Crippen molar-refractivity contribution < 1.29 is 18.7 Å². The van der Waals surface area contributed by atoms with E-state index in [2.05, 4.69) is 31.1 Å². The first-order valence-electron chi connectivity index (χ1n) is 8.39. The summed E-state index contributed by atoms with van der Waals surface area (Å²) in [6.07, 6.45) is 0. The van der Waals surface area contributed by atoms with Crippen molar-refractivity contribution >= 4 is 39.4 Å². The molecule has 0 aliphatic heterocycles. The number of carbonyl (C=O) groups is 2. The van der Waals surface area contributed by atoms with Crippen molar-refractivity contribution in [3.8, 4) is 11.5 Å². The molecule has 0 spiro atoms. The third kappa shape index (κ3) is 4.05. The van der Waals surface area contributed by atoms with Gasteiger partial charge in [-0.05, 0) is 50.6 Å². The Morgan fingerprint density at radius 3 is 2.54 bits per heavy atom. The van der Waals surface area contributed by atoms with Crippen molar-refractivity contribution in [1.82, 2.24) is 15.2 Å². The van der Waals surface area contributed by atoms with Crippen LogP contribution in [0.3, 0.4) is 0 Å². The molecule has 3 aromatic rings. The van der Waals surface area contributed by atoms with E-state index in [-0.39, 0.29) is 5.78 Å². The molecule has 2 aromatic heterocycles. The van der Waals surface area contributed by atoms with Crippen molar-refractivity contribution in [2.75, 3.05) is 7.11 Å². The number of hydrogen-bond acceptors (Lipinski definition) is 7. The summed E-state index contributed by atoms with van der Waals surface area (Å²) in [7, 11) is 1.31. The lowest BCUT2D eigenvalue weighted by Crippen LogP contribution is -2.15. The number of nitrogens with one attached hydrogen (secondary N) is 1. The highest BCUT2D eigenvalue weighted by Crippen LogP contribution is 2.29. The number of thioether (sulfide) groups is 1. The van der Waals surface area contributed by atoms with Gasteiger partial charge in [0.2, 0.25) is 5.89 Å². The number of Topliss-reactive ketones (excluding diaryl/α,β-unsaturated/α-hetero) is 1. The highest BCUT2D eigenvalue weighted by atomic mass is 79.9. The summed E-state index contributed by atoms with van der Waals surface area (Å²) in [4.78, 5) is 27.8. The lowest BCUT2D eigenvalue weighted by molar-refractivity contribution is 0.0599. The third-order valence-corrected chi connectivity index (χ3v) is 5.68. The number of halogens is 1. The van der Waals surface area contributed by atoms with Gasteiger partial charge in [-0.3, -0.25) is 4.79 Å². The number of ketones is 1. The molecular weight excluding hydrogens is 446 g/mol. The second-order valence-electron chi connectivity index (χ2n) is 6.12. The minimum Gasteiger partial charge on any atom is -0.465 e. The van der Waals surface area contributed by atoms with Crippen molar-refractivity contribution in [2.24, 2.45) is 0 Å². The maximum absolute atomic E-state index is 12.9. The van der Waals surface area contributed by atoms with Gasteiger partial charge in [0.1, 0.15) is 0 Å². The van der Waals surface area contributed by atoms with Gasteiger partial charge in [-0.2, -0.15) is 0 Å². The largest absolute Gasteiger partial charge is 0.465 e. The van der Waals surface area contributed by atoms with Gasteiger partial charge in [-0.1, -0.05) is 27.7 Å². The molecule has 2 heterocycles. The van der Waals surface area contributed by atoms with Crippen LogP contribution in [0.15, 0.2) is 38.4 Å². The fraction of sp³-hybridized carbons (Fsp3) is 0.263.